The number of hydrogen-bond donors (Lipinski definition) is 1. The van der Waals surface area contributed by atoms with Crippen LogP contribution >= 0.6 is 0 Å². The third-order valence-corrected chi connectivity index (χ3v) is 5.28. The van der Waals surface area contributed by atoms with Gasteiger partial charge in [0.1, 0.15) is 5.54 Å². The lowest BCUT2D eigenvalue weighted by Gasteiger charge is -2.37. The predicted molar refractivity (Wildman–Crippen MR) is 85.6 cm³/mol. The molecule has 0 bridgehead atoms. The first-order valence-electron chi connectivity index (χ1n) is 8.17. The van der Waals surface area contributed by atoms with Gasteiger partial charge in [-0.1, -0.05) is 13.3 Å². The van der Waals surface area contributed by atoms with Crippen molar-refractivity contribution in [2.75, 3.05) is 13.6 Å². The van der Waals surface area contributed by atoms with Crippen molar-refractivity contribution in [3.05, 3.63) is 0 Å². The van der Waals surface area contributed by atoms with Gasteiger partial charge in [0.25, 0.3) is 0 Å². The fourth-order valence-electron chi connectivity index (χ4n) is 3.28. The van der Waals surface area contributed by atoms with E-state index >= 15 is 0 Å². The Kier molecular flexibility index (Phi) is 6.04. The summed E-state index contributed by atoms with van der Waals surface area (Å²) in [5, 5.41) is 13.2. The standard InChI is InChI=1S/C17H33N3/c1-7-16(4,5)20(6)12-10-15-9-8-11-17(15,13-18)19-14(2)3/h14-15,19H,7-12H2,1-6H3. The highest BCUT2D eigenvalue weighted by atomic mass is 15.2. The molecule has 2 unspecified atom stereocenters. The van der Waals surface area contributed by atoms with E-state index in [9.17, 15) is 5.26 Å². The van der Waals surface area contributed by atoms with Crippen LogP contribution in [-0.2, 0) is 0 Å². The summed E-state index contributed by atoms with van der Waals surface area (Å²) in [6.45, 7) is 12.2. The van der Waals surface area contributed by atoms with Crippen LogP contribution < -0.4 is 5.32 Å². The van der Waals surface area contributed by atoms with Crippen LogP contribution in [-0.4, -0.2) is 35.6 Å². The lowest BCUT2D eigenvalue weighted by Crippen LogP contribution is -2.51. The maximum atomic E-state index is 9.68. The largest absolute Gasteiger partial charge is 0.301 e. The first kappa shape index (κ1) is 17.5. The monoisotopic (exact) mass is 279 g/mol. The van der Waals surface area contributed by atoms with Crippen molar-refractivity contribution in [1.82, 2.24) is 10.2 Å². The number of nitrogens with one attached hydrogen (secondary N) is 1. The van der Waals surface area contributed by atoms with E-state index in [2.05, 4.69) is 58.0 Å². The second-order valence-corrected chi connectivity index (χ2v) is 7.35. The maximum Gasteiger partial charge on any atom is 0.109 e. The molecule has 0 radical (unpaired) electrons. The zero-order valence-corrected chi connectivity index (χ0v) is 14.3. The molecule has 1 aliphatic carbocycles. The zero-order chi connectivity index (χ0) is 15.4. The molecule has 0 aromatic rings. The molecule has 1 aliphatic rings. The van der Waals surface area contributed by atoms with E-state index in [0.29, 0.717) is 12.0 Å². The smallest absolute Gasteiger partial charge is 0.109 e. The van der Waals surface area contributed by atoms with Gasteiger partial charge < -0.3 is 4.90 Å². The van der Waals surface area contributed by atoms with Crippen LogP contribution in [0.25, 0.3) is 0 Å². The molecule has 0 spiro atoms. The molecular weight excluding hydrogens is 246 g/mol. The molecule has 0 heterocycles. The molecule has 1 N–H and O–H groups in total. The van der Waals surface area contributed by atoms with Crippen molar-refractivity contribution in [2.45, 2.75) is 83.8 Å². The third kappa shape index (κ3) is 3.96. The molecule has 0 aromatic heterocycles. The van der Waals surface area contributed by atoms with Crippen LogP contribution in [0.2, 0.25) is 0 Å². The van der Waals surface area contributed by atoms with Gasteiger partial charge in [-0.3, -0.25) is 5.32 Å². The Morgan fingerprint density at radius 1 is 1.45 bits per heavy atom. The normalized spacial score (nSPS) is 27.2. The minimum absolute atomic E-state index is 0.249. The van der Waals surface area contributed by atoms with Crippen molar-refractivity contribution in [3.8, 4) is 6.07 Å². The van der Waals surface area contributed by atoms with Gasteiger partial charge in [0.15, 0.2) is 0 Å². The van der Waals surface area contributed by atoms with E-state index < -0.39 is 0 Å². The van der Waals surface area contributed by atoms with Crippen LogP contribution in [0.15, 0.2) is 0 Å². The van der Waals surface area contributed by atoms with Gasteiger partial charge in [-0.05, 0) is 72.9 Å². The number of nitriles is 1. The minimum Gasteiger partial charge on any atom is -0.301 e. The topological polar surface area (TPSA) is 39.1 Å². The molecule has 0 saturated heterocycles. The van der Waals surface area contributed by atoms with Gasteiger partial charge in [0.2, 0.25) is 0 Å². The molecule has 1 fully saturated rings. The first-order valence-corrected chi connectivity index (χ1v) is 8.17. The second kappa shape index (κ2) is 6.91. The Hall–Kier alpha value is -0.590. The van der Waals surface area contributed by atoms with E-state index in [1.807, 2.05) is 0 Å². The molecule has 0 aliphatic heterocycles. The van der Waals surface area contributed by atoms with E-state index in [-0.39, 0.29) is 11.1 Å². The Balaban J connectivity index is 2.65. The van der Waals surface area contributed by atoms with Crippen molar-refractivity contribution < 1.29 is 0 Å². The number of hydrogen-bond acceptors (Lipinski definition) is 3. The fourth-order valence-corrected chi connectivity index (χ4v) is 3.28. The van der Waals surface area contributed by atoms with Gasteiger partial charge in [0, 0.05) is 11.6 Å². The second-order valence-electron chi connectivity index (χ2n) is 7.35. The zero-order valence-electron chi connectivity index (χ0n) is 14.3. The van der Waals surface area contributed by atoms with Crippen LogP contribution in [0.4, 0.5) is 0 Å². The lowest BCUT2D eigenvalue weighted by atomic mass is 9.84. The summed E-state index contributed by atoms with van der Waals surface area (Å²) in [6, 6.07) is 2.98. The SMILES string of the molecule is CCC(C)(C)N(C)CCC1CCCC1(C#N)NC(C)C. The number of nitrogens with zero attached hydrogens (tertiary/aromatic N) is 2. The van der Waals surface area contributed by atoms with Gasteiger partial charge in [-0.25, -0.2) is 0 Å². The maximum absolute atomic E-state index is 9.68. The van der Waals surface area contributed by atoms with Gasteiger partial charge in [-0.2, -0.15) is 5.26 Å². The van der Waals surface area contributed by atoms with E-state index in [4.69, 9.17) is 0 Å². The van der Waals surface area contributed by atoms with Crippen molar-refractivity contribution in [2.24, 2.45) is 5.92 Å². The molecule has 3 heteroatoms. The van der Waals surface area contributed by atoms with Crippen molar-refractivity contribution in [3.63, 3.8) is 0 Å². The summed E-state index contributed by atoms with van der Waals surface area (Å²) >= 11 is 0. The van der Waals surface area contributed by atoms with Crippen molar-refractivity contribution >= 4 is 0 Å². The summed E-state index contributed by atoms with van der Waals surface area (Å²) in [4.78, 5) is 2.45. The van der Waals surface area contributed by atoms with Gasteiger partial charge >= 0.3 is 0 Å². The average Bonchev–Trinajstić information content (AvgIpc) is 2.78. The van der Waals surface area contributed by atoms with Crippen LogP contribution in [0.1, 0.15) is 66.7 Å². The molecule has 2 atom stereocenters. The summed E-state index contributed by atoms with van der Waals surface area (Å²) < 4.78 is 0. The molecule has 0 amide bonds. The van der Waals surface area contributed by atoms with E-state index in [1.165, 1.54) is 12.8 Å². The minimum atomic E-state index is -0.286. The molecular formula is C17H33N3. The van der Waals surface area contributed by atoms with E-state index in [0.717, 1.165) is 25.8 Å². The quantitative estimate of drug-likeness (QED) is 0.774. The predicted octanol–water partition coefficient (Wildman–Crippen LogP) is 3.56. The Bertz CT molecular complexity index is 343. The Morgan fingerprint density at radius 3 is 2.60 bits per heavy atom. The summed E-state index contributed by atoms with van der Waals surface area (Å²) in [7, 11) is 2.21. The summed E-state index contributed by atoms with van der Waals surface area (Å²) in [6.07, 6.45) is 5.65. The van der Waals surface area contributed by atoms with Crippen LogP contribution in [0.3, 0.4) is 0 Å². The molecule has 1 rings (SSSR count). The van der Waals surface area contributed by atoms with Gasteiger partial charge in [-0.15, -0.1) is 0 Å². The lowest BCUT2D eigenvalue weighted by molar-refractivity contribution is 0.133. The van der Waals surface area contributed by atoms with E-state index in [1.54, 1.807) is 0 Å². The van der Waals surface area contributed by atoms with Crippen LogP contribution in [0, 0.1) is 17.2 Å². The molecule has 3 nitrogen and oxygen atoms in total. The third-order valence-electron chi connectivity index (χ3n) is 5.28. The highest BCUT2D eigenvalue weighted by Gasteiger charge is 2.43. The molecule has 20 heavy (non-hydrogen) atoms. The summed E-state index contributed by atoms with van der Waals surface area (Å²) in [5.74, 6) is 0.491. The van der Waals surface area contributed by atoms with Crippen LogP contribution in [0.5, 0.6) is 0 Å². The highest BCUT2D eigenvalue weighted by Crippen LogP contribution is 2.38. The number of rotatable bonds is 7. The average molecular weight is 279 g/mol. The fraction of sp³-hybridized carbons (Fsp3) is 0.941. The summed E-state index contributed by atoms with van der Waals surface area (Å²) in [5.41, 5.74) is -0.0370. The van der Waals surface area contributed by atoms with Gasteiger partial charge in [0.05, 0.1) is 6.07 Å². The molecule has 0 aromatic carbocycles. The molecule has 1 saturated carbocycles. The first-order chi connectivity index (χ1) is 9.27. The highest BCUT2D eigenvalue weighted by molar-refractivity contribution is 5.14. The Labute approximate surface area is 125 Å². The molecule has 116 valence electrons. The Morgan fingerprint density at radius 2 is 2.10 bits per heavy atom. The van der Waals surface area contributed by atoms with Crippen molar-refractivity contribution in [1.29, 1.82) is 5.26 Å².